The first-order chi connectivity index (χ1) is 16.2. The Kier molecular flexibility index (Phi) is 6.37. The maximum Gasteiger partial charge on any atom is 0.307 e. The van der Waals surface area contributed by atoms with Crippen LogP contribution in [0.25, 0.3) is 0 Å². The Morgan fingerprint density at radius 1 is 1.12 bits per heavy atom. The Hall–Kier alpha value is -1.75. The number of nitrogens with zero attached hydrogens (tertiary/aromatic N) is 1. The number of hydrogen-bond donors (Lipinski definition) is 0. The quantitative estimate of drug-likeness (QED) is 0.426. The topological polar surface area (TPSA) is 38.8 Å². The SMILES string of the molecule is CC(C)(C)OC(=O)CCN1CCC2(CC1)COc1cc(C3CC3c3c(Cl)cccc3Cl)ccc12. The van der Waals surface area contributed by atoms with Crippen LogP contribution >= 0.6 is 23.2 Å². The largest absolute Gasteiger partial charge is 0.492 e. The number of ether oxygens (including phenoxy) is 2. The molecule has 3 aliphatic rings. The third-order valence-corrected chi connectivity index (χ3v) is 8.19. The van der Waals surface area contributed by atoms with Gasteiger partial charge in [0, 0.05) is 27.6 Å². The lowest BCUT2D eigenvalue weighted by molar-refractivity contribution is -0.155. The normalized spacial score (nSPS) is 23.4. The summed E-state index contributed by atoms with van der Waals surface area (Å²) < 4.78 is 11.7. The van der Waals surface area contributed by atoms with Crippen molar-refractivity contribution in [2.75, 3.05) is 26.2 Å². The number of rotatable bonds is 5. The van der Waals surface area contributed by atoms with Crippen LogP contribution < -0.4 is 4.74 Å². The molecule has 2 atom stereocenters. The molecule has 1 aliphatic carbocycles. The molecule has 6 heteroatoms. The molecule has 2 heterocycles. The van der Waals surface area contributed by atoms with Crippen molar-refractivity contribution in [2.24, 2.45) is 0 Å². The van der Waals surface area contributed by atoms with Gasteiger partial charge < -0.3 is 14.4 Å². The highest BCUT2D eigenvalue weighted by molar-refractivity contribution is 6.36. The Labute approximate surface area is 212 Å². The Bertz CT molecular complexity index is 1070. The zero-order valence-corrected chi connectivity index (χ0v) is 21.7. The van der Waals surface area contributed by atoms with E-state index < -0.39 is 5.60 Å². The summed E-state index contributed by atoms with van der Waals surface area (Å²) in [5.74, 6) is 1.74. The monoisotopic (exact) mass is 501 g/mol. The van der Waals surface area contributed by atoms with E-state index in [-0.39, 0.29) is 11.4 Å². The van der Waals surface area contributed by atoms with E-state index in [9.17, 15) is 4.79 Å². The van der Waals surface area contributed by atoms with Gasteiger partial charge in [-0.25, -0.2) is 0 Å². The van der Waals surface area contributed by atoms with Crippen LogP contribution in [0.4, 0.5) is 0 Å². The summed E-state index contributed by atoms with van der Waals surface area (Å²) >= 11 is 12.9. The highest BCUT2D eigenvalue weighted by atomic mass is 35.5. The maximum absolute atomic E-state index is 12.1. The van der Waals surface area contributed by atoms with Gasteiger partial charge in [0.05, 0.1) is 13.0 Å². The molecule has 182 valence electrons. The van der Waals surface area contributed by atoms with Gasteiger partial charge >= 0.3 is 5.97 Å². The predicted octanol–water partition coefficient (Wildman–Crippen LogP) is 6.72. The van der Waals surface area contributed by atoms with Crippen molar-refractivity contribution in [3.8, 4) is 5.75 Å². The van der Waals surface area contributed by atoms with Crippen LogP contribution in [0.2, 0.25) is 10.0 Å². The molecule has 0 amide bonds. The van der Waals surface area contributed by atoms with Crippen molar-refractivity contribution < 1.29 is 14.3 Å². The number of halogens is 2. The number of benzene rings is 2. The van der Waals surface area contributed by atoms with Crippen LogP contribution in [0.1, 0.15) is 75.0 Å². The Morgan fingerprint density at radius 3 is 2.50 bits per heavy atom. The molecule has 0 radical (unpaired) electrons. The van der Waals surface area contributed by atoms with Crippen LogP contribution in [0, 0.1) is 0 Å². The van der Waals surface area contributed by atoms with Crippen LogP contribution in [0.5, 0.6) is 5.75 Å². The maximum atomic E-state index is 12.1. The minimum Gasteiger partial charge on any atom is -0.492 e. The second-order valence-electron chi connectivity index (χ2n) is 11.1. The van der Waals surface area contributed by atoms with Gasteiger partial charge in [0.25, 0.3) is 0 Å². The zero-order chi connectivity index (χ0) is 24.1. The average molecular weight is 502 g/mol. The van der Waals surface area contributed by atoms with E-state index in [1.165, 1.54) is 11.1 Å². The number of esters is 1. The van der Waals surface area contributed by atoms with Crippen LogP contribution in [0.15, 0.2) is 36.4 Å². The van der Waals surface area contributed by atoms with Gasteiger partial charge in [0.1, 0.15) is 11.4 Å². The molecule has 2 aromatic rings. The summed E-state index contributed by atoms with van der Waals surface area (Å²) in [5, 5.41) is 1.52. The zero-order valence-electron chi connectivity index (χ0n) is 20.2. The molecule has 34 heavy (non-hydrogen) atoms. The molecule has 1 saturated carbocycles. The molecule has 1 spiro atoms. The average Bonchev–Trinajstić information content (AvgIpc) is 3.48. The fourth-order valence-corrected chi connectivity index (χ4v) is 6.31. The smallest absolute Gasteiger partial charge is 0.307 e. The van der Waals surface area contributed by atoms with Gasteiger partial charge in [-0.2, -0.15) is 0 Å². The third kappa shape index (κ3) is 4.82. The fourth-order valence-electron chi connectivity index (χ4n) is 5.63. The fraction of sp³-hybridized carbons (Fsp3) is 0.536. The number of likely N-dealkylation sites (tertiary alicyclic amines) is 1. The van der Waals surface area contributed by atoms with Crippen molar-refractivity contribution in [2.45, 2.75) is 69.3 Å². The van der Waals surface area contributed by atoms with E-state index in [1.54, 1.807) is 0 Å². The number of carbonyl (C=O) groups is 1. The minimum absolute atomic E-state index is 0.0886. The van der Waals surface area contributed by atoms with E-state index >= 15 is 0 Å². The molecule has 2 unspecified atom stereocenters. The molecule has 0 aromatic heterocycles. The van der Waals surface area contributed by atoms with Crippen molar-refractivity contribution in [3.63, 3.8) is 0 Å². The van der Waals surface area contributed by atoms with Gasteiger partial charge in [0.2, 0.25) is 0 Å². The molecule has 5 rings (SSSR count). The lowest BCUT2D eigenvalue weighted by atomic mass is 9.74. The van der Waals surface area contributed by atoms with Crippen LogP contribution in [-0.2, 0) is 14.9 Å². The van der Waals surface area contributed by atoms with Crippen molar-refractivity contribution in [1.82, 2.24) is 4.90 Å². The first-order valence-corrected chi connectivity index (χ1v) is 13.1. The van der Waals surface area contributed by atoms with Gasteiger partial charge in [-0.15, -0.1) is 0 Å². The van der Waals surface area contributed by atoms with E-state index in [2.05, 4.69) is 23.1 Å². The first kappa shape index (κ1) is 24.0. The summed E-state index contributed by atoms with van der Waals surface area (Å²) in [6.07, 6.45) is 3.61. The molecule has 0 N–H and O–H groups in total. The number of carbonyl (C=O) groups excluding carboxylic acids is 1. The lowest BCUT2D eigenvalue weighted by Gasteiger charge is -2.38. The summed E-state index contributed by atoms with van der Waals surface area (Å²) in [4.78, 5) is 14.5. The first-order valence-electron chi connectivity index (χ1n) is 12.3. The molecule has 4 nitrogen and oxygen atoms in total. The molecule has 2 fully saturated rings. The lowest BCUT2D eigenvalue weighted by Crippen LogP contribution is -2.44. The molecular formula is C28H33Cl2NO3. The highest BCUT2D eigenvalue weighted by Crippen LogP contribution is 2.59. The number of piperidine rings is 1. The second-order valence-corrected chi connectivity index (χ2v) is 11.9. The van der Waals surface area contributed by atoms with Crippen molar-refractivity contribution >= 4 is 29.2 Å². The summed E-state index contributed by atoms with van der Waals surface area (Å²) in [5.41, 5.74) is 3.40. The summed E-state index contributed by atoms with van der Waals surface area (Å²) in [6, 6.07) is 12.6. The van der Waals surface area contributed by atoms with E-state index in [0.717, 1.165) is 66.9 Å². The standard InChI is InChI=1S/C28H33Cl2NO3/c1-27(2,3)34-25(32)9-12-31-13-10-28(11-14-31)17-33-24-15-18(7-8-21(24)28)19-16-20(19)26-22(29)5-4-6-23(26)30/h4-8,15,19-20H,9-14,16-17H2,1-3H3. The van der Waals surface area contributed by atoms with Crippen molar-refractivity contribution in [3.05, 3.63) is 63.1 Å². The van der Waals surface area contributed by atoms with E-state index in [1.807, 2.05) is 39.0 Å². The van der Waals surface area contributed by atoms with Gasteiger partial charge in [-0.3, -0.25) is 4.79 Å². The van der Waals surface area contributed by atoms with E-state index in [0.29, 0.717) is 18.3 Å². The van der Waals surface area contributed by atoms with Gasteiger partial charge in [-0.05, 0) is 94.3 Å². The minimum atomic E-state index is -0.424. The predicted molar refractivity (Wildman–Crippen MR) is 136 cm³/mol. The van der Waals surface area contributed by atoms with Crippen molar-refractivity contribution in [1.29, 1.82) is 0 Å². The Morgan fingerprint density at radius 2 is 1.82 bits per heavy atom. The second kappa shape index (κ2) is 9.04. The van der Waals surface area contributed by atoms with Crippen LogP contribution in [-0.4, -0.2) is 42.7 Å². The third-order valence-electron chi connectivity index (χ3n) is 7.54. The highest BCUT2D eigenvalue weighted by Gasteiger charge is 2.45. The number of hydrogen-bond acceptors (Lipinski definition) is 4. The molecule has 1 saturated heterocycles. The molecular weight excluding hydrogens is 469 g/mol. The van der Waals surface area contributed by atoms with Crippen LogP contribution in [0.3, 0.4) is 0 Å². The van der Waals surface area contributed by atoms with E-state index in [4.69, 9.17) is 32.7 Å². The molecule has 2 aliphatic heterocycles. The van der Waals surface area contributed by atoms with Gasteiger partial charge in [0.15, 0.2) is 0 Å². The number of fused-ring (bicyclic) bond motifs is 2. The molecule has 2 aromatic carbocycles. The Balaban J connectivity index is 1.20. The molecule has 0 bridgehead atoms. The summed E-state index contributed by atoms with van der Waals surface area (Å²) in [6.45, 7) is 9.18. The summed E-state index contributed by atoms with van der Waals surface area (Å²) in [7, 11) is 0. The van der Waals surface area contributed by atoms with Gasteiger partial charge in [-0.1, -0.05) is 41.4 Å².